The molecule has 0 aliphatic carbocycles. The van der Waals surface area contributed by atoms with Crippen molar-refractivity contribution in [1.29, 1.82) is 0 Å². The topological polar surface area (TPSA) is 45.6 Å². The number of pyridine rings is 1. The number of aliphatic hydroxyl groups excluding tert-OH is 1. The van der Waals surface area contributed by atoms with Crippen LogP contribution in [-0.2, 0) is 4.74 Å². The lowest BCUT2D eigenvalue weighted by Crippen LogP contribution is -2.46. The molecule has 112 valence electrons. The number of ether oxygens (including phenoxy) is 1. The van der Waals surface area contributed by atoms with Crippen LogP contribution in [-0.4, -0.2) is 43.5 Å². The number of halogens is 2. The average molecular weight is 303 g/mol. The maximum Gasteiger partial charge on any atom is 0.167 e. The van der Waals surface area contributed by atoms with Crippen LogP contribution in [0.2, 0.25) is 5.02 Å². The number of methoxy groups -OCH3 is 1. The monoisotopic (exact) mass is 302 g/mol. The third-order valence-electron chi connectivity index (χ3n) is 3.92. The molecule has 0 bridgehead atoms. The molecule has 1 atom stereocenters. The van der Waals surface area contributed by atoms with Crippen LogP contribution < -0.4 is 4.90 Å². The summed E-state index contributed by atoms with van der Waals surface area (Å²) in [6.45, 7) is 1.98. The van der Waals surface area contributed by atoms with E-state index in [1.54, 1.807) is 7.11 Å². The number of nitrogens with zero attached hydrogens (tertiary/aromatic N) is 2. The van der Waals surface area contributed by atoms with Crippen LogP contribution in [0.1, 0.15) is 19.3 Å². The van der Waals surface area contributed by atoms with Gasteiger partial charge in [-0.1, -0.05) is 11.6 Å². The number of aliphatic hydroxyl groups is 1. The highest BCUT2D eigenvalue weighted by Gasteiger charge is 2.35. The third kappa shape index (κ3) is 3.40. The standard InChI is InChI=1S/C14H20ClFN2O2/c1-20-6-4-14(10-19)3-2-5-18(9-14)13-12(16)7-11(15)8-17-13/h7-8,19H,2-6,9-10H2,1H3. The molecule has 2 heterocycles. The van der Waals surface area contributed by atoms with Gasteiger partial charge in [-0.3, -0.25) is 0 Å². The smallest absolute Gasteiger partial charge is 0.167 e. The van der Waals surface area contributed by atoms with E-state index in [2.05, 4.69) is 4.98 Å². The molecular formula is C14H20ClFN2O2. The molecule has 4 nitrogen and oxygen atoms in total. The van der Waals surface area contributed by atoms with Gasteiger partial charge in [0, 0.05) is 38.4 Å². The Balaban J connectivity index is 2.16. The van der Waals surface area contributed by atoms with E-state index in [0.29, 0.717) is 19.0 Å². The molecule has 1 saturated heterocycles. The second-order valence-electron chi connectivity index (χ2n) is 5.38. The van der Waals surface area contributed by atoms with Crippen molar-refractivity contribution in [1.82, 2.24) is 4.98 Å². The largest absolute Gasteiger partial charge is 0.396 e. The van der Waals surface area contributed by atoms with Gasteiger partial charge in [0.2, 0.25) is 0 Å². The Morgan fingerprint density at radius 2 is 2.40 bits per heavy atom. The van der Waals surface area contributed by atoms with Gasteiger partial charge in [0.05, 0.1) is 11.6 Å². The normalized spacial score (nSPS) is 23.1. The number of hydrogen-bond donors (Lipinski definition) is 1. The Hall–Kier alpha value is -0.910. The molecular weight excluding hydrogens is 283 g/mol. The van der Waals surface area contributed by atoms with Gasteiger partial charge in [-0.2, -0.15) is 0 Å². The molecule has 1 unspecified atom stereocenters. The SMILES string of the molecule is COCCC1(CO)CCCN(c2ncc(Cl)cc2F)C1. The predicted molar refractivity (Wildman–Crippen MR) is 76.7 cm³/mol. The highest BCUT2D eigenvalue weighted by molar-refractivity contribution is 6.30. The molecule has 6 heteroatoms. The zero-order valence-corrected chi connectivity index (χ0v) is 12.4. The number of aromatic nitrogens is 1. The Labute approximate surface area is 123 Å². The van der Waals surface area contributed by atoms with E-state index >= 15 is 0 Å². The van der Waals surface area contributed by atoms with Gasteiger partial charge in [-0.25, -0.2) is 9.37 Å². The first kappa shape index (κ1) is 15.5. The molecule has 0 spiro atoms. The van der Waals surface area contributed by atoms with Crippen LogP contribution in [0.5, 0.6) is 0 Å². The summed E-state index contributed by atoms with van der Waals surface area (Å²) in [5.41, 5.74) is -0.248. The summed E-state index contributed by atoms with van der Waals surface area (Å²) in [5, 5.41) is 10.0. The molecule has 0 radical (unpaired) electrons. The summed E-state index contributed by atoms with van der Waals surface area (Å²) in [6, 6.07) is 1.27. The lowest BCUT2D eigenvalue weighted by atomic mass is 9.78. The molecule has 1 aromatic heterocycles. The third-order valence-corrected chi connectivity index (χ3v) is 4.13. The van der Waals surface area contributed by atoms with Gasteiger partial charge in [-0.05, 0) is 25.3 Å². The van der Waals surface area contributed by atoms with Crippen molar-refractivity contribution >= 4 is 17.4 Å². The van der Waals surface area contributed by atoms with Crippen LogP contribution in [0.4, 0.5) is 10.2 Å². The summed E-state index contributed by atoms with van der Waals surface area (Å²) in [5.74, 6) is -0.109. The first-order valence-corrected chi connectivity index (χ1v) is 7.14. The first-order chi connectivity index (χ1) is 9.60. The number of rotatable bonds is 5. The molecule has 2 rings (SSSR count). The molecule has 0 amide bonds. The Morgan fingerprint density at radius 3 is 3.05 bits per heavy atom. The van der Waals surface area contributed by atoms with Crippen molar-refractivity contribution in [2.24, 2.45) is 5.41 Å². The zero-order chi connectivity index (χ0) is 14.6. The highest BCUT2D eigenvalue weighted by Crippen LogP contribution is 2.35. The highest BCUT2D eigenvalue weighted by atomic mass is 35.5. The van der Waals surface area contributed by atoms with Crippen molar-refractivity contribution in [3.8, 4) is 0 Å². The summed E-state index contributed by atoms with van der Waals surface area (Å²) in [6.07, 6.45) is 4.02. The lowest BCUT2D eigenvalue weighted by Gasteiger charge is -2.42. The fourth-order valence-corrected chi connectivity index (χ4v) is 2.90. The van der Waals surface area contributed by atoms with Crippen molar-refractivity contribution in [2.75, 3.05) is 38.3 Å². The molecule has 1 N–H and O–H groups in total. The molecule has 0 saturated carbocycles. The van der Waals surface area contributed by atoms with Gasteiger partial charge >= 0.3 is 0 Å². The zero-order valence-electron chi connectivity index (χ0n) is 11.6. The quantitative estimate of drug-likeness (QED) is 0.908. The summed E-state index contributed by atoms with van der Waals surface area (Å²) in [7, 11) is 1.64. The predicted octanol–water partition coefficient (Wildman–Crippen LogP) is 2.49. The van der Waals surface area contributed by atoms with Gasteiger partial charge in [0.15, 0.2) is 11.6 Å². The minimum Gasteiger partial charge on any atom is -0.396 e. The van der Waals surface area contributed by atoms with Crippen molar-refractivity contribution in [2.45, 2.75) is 19.3 Å². The molecule has 0 aromatic carbocycles. The van der Waals surface area contributed by atoms with E-state index in [4.69, 9.17) is 16.3 Å². The van der Waals surface area contributed by atoms with E-state index in [9.17, 15) is 9.50 Å². The van der Waals surface area contributed by atoms with E-state index in [1.807, 2.05) is 4.90 Å². The fourth-order valence-electron chi connectivity index (χ4n) is 2.76. The van der Waals surface area contributed by atoms with Crippen molar-refractivity contribution in [3.05, 3.63) is 23.1 Å². The van der Waals surface area contributed by atoms with Crippen LogP contribution in [0.25, 0.3) is 0 Å². The van der Waals surface area contributed by atoms with Gasteiger partial charge in [0.1, 0.15) is 0 Å². The van der Waals surface area contributed by atoms with Crippen molar-refractivity contribution in [3.63, 3.8) is 0 Å². The van der Waals surface area contributed by atoms with E-state index in [-0.39, 0.29) is 17.0 Å². The van der Waals surface area contributed by atoms with Crippen molar-refractivity contribution < 1.29 is 14.2 Å². The molecule has 1 aliphatic heterocycles. The van der Waals surface area contributed by atoms with Gasteiger partial charge < -0.3 is 14.7 Å². The van der Waals surface area contributed by atoms with E-state index in [0.717, 1.165) is 25.8 Å². The lowest BCUT2D eigenvalue weighted by molar-refractivity contribution is 0.0623. The number of piperidine rings is 1. The van der Waals surface area contributed by atoms with E-state index < -0.39 is 5.82 Å². The number of hydrogen-bond acceptors (Lipinski definition) is 4. The van der Waals surface area contributed by atoms with Crippen LogP contribution in [0.15, 0.2) is 12.3 Å². The van der Waals surface area contributed by atoms with Crippen LogP contribution in [0, 0.1) is 11.2 Å². The van der Waals surface area contributed by atoms with Crippen LogP contribution in [0.3, 0.4) is 0 Å². The maximum atomic E-state index is 14.0. The first-order valence-electron chi connectivity index (χ1n) is 6.76. The second-order valence-corrected chi connectivity index (χ2v) is 5.82. The molecule has 20 heavy (non-hydrogen) atoms. The van der Waals surface area contributed by atoms with E-state index in [1.165, 1.54) is 12.3 Å². The fraction of sp³-hybridized carbons (Fsp3) is 0.643. The number of anilines is 1. The Bertz CT molecular complexity index is 461. The molecule has 1 aromatic rings. The van der Waals surface area contributed by atoms with Gasteiger partial charge in [-0.15, -0.1) is 0 Å². The molecule has 1 aliphatic rings. The summed E-state index contributed by atoms with van der Waals surface area (Å²) < 4.78 is 19.1. The average Bonchev–Trinajstić information content (AvgIpc) is 2.45. The Kier molecular flexibility index (Phi) is 5.18. The summed E-state index contributed by atoms with van der Waals surface area (Å²) >= 11 is 5.73. The molecule has 1 fully saturated rings. The van der Waals surface area contributed by atoms with Crippen LogP contribution >= 0.6 is 11.6 Å². The maximum absolute atomic E-state index is 14.0. The second kappa shape index (κ2) is 6.70. The Morgan fingerprint density at radius 1 is 1.60 bits per heavy atom. The summed E-state index contributed by atoms with van der Waals surface area (Å²) in [4.78, 5) is 5.98. The van der Waals surface area contributed by atoms with Gasteiger partial charge in [0.25, 0.3) is 0 Å². The minimum atomic E-state index is -0.419. The minimum absolute atomic E-state index is 0.0715.